The molecule has 0 heterocycles. The Kier molecular flexibility index (Phi) is 7.33. The van der Waals surface area contributed by atoms with Crippen molar-refractivity contribution in [1.29, 1.82) is 0 Å². The van der Waals surface area contributed by atoms with Gasteiger partial charge in [0.1, 0.15) is 6.04 Å². The number of unbranched alkanes of at least 4 members (excludes halogenated alkanes) is 1. The molecule has 5 heteroatoms. The Morgan fingerprint density at radius 1 is 1.25 bits per heavy atom. The molecule has 0 aromatic heterocycles. The fraction of sp³-hybridized carbons (Fsp3) is 0.818. The van der Waals surface area contributed by atoms with Gasteiger partial charge in [-0.1, -0.05) is 26.7 Å². The third-order valence-corrected chi connectivity index (χ3v) is 2.44. The molecule has 1 unspecified atom stereocenters. The monoisotopic (exact) mass is 230 g/mol. The maximum absolute atomic E-state index is 11.4. The van der Waals surface area contributed by atoms with Gasteiger partial charge in [0.05, 0.1) is 0 Å². The zero-order chi connectivity index (χ0) is 12.6. The maximum atomic E-state index is 11.4. The van der Waals surface area contributed by atoms with Gasteiger partial charge in [-0.05, 0) is 19.8 Å². The Balaban J connectivity index is 4.07. The Morgan fingerprint density at radius 3 is 2.31 bits per heavy atom. The number of carbonyl (C=O) groups is 2. The van der Waals surface area contributed by atoms with Crippen molar-refractivity contribution in [2.75, 3.05) is 0 Å². The molecule has 5 nitrogen and oxygen atoms in total. The van der Waals surface area contributed by atoms with E-state index >= 15 is 0 Å². The van der Waals surface area contributed by atoms with Crippen LogP contribution < -0.4 is 10.6 Å². The van der Waals surface area contributed by atoms with E-state index in [1.54, 1.807) is 0 Å². The summed E-state index contributed by atoms with van der Waals surface area (Å²) in [6.07, 6.45) is 3.00. The standard InChI is InChI=1S/C11H22N2O3/c1-4-6-7-9(10(14)15)13-11(16)12-8(3)5-2/h8-9H,4-7H2,1-3H3,(H,14,15)(H2,12,13,16)/t8?,9-/m0/s1. The lowest BCUT2D eigenvalue weighted by atomic mass is 10.1. The van der Waals surface area contributed by atoms with Crippen LogP contribution in [0.5, 0.6) is 0 Å². The summed E-state index contributed by atoms with van der Waals surface area (Å²) in [4.78, 5) is 22.3. The van der Waals surface area contributed by atoms with Crippen molar-refractivity contribution in [3.8, 4) is 0 Å². The highest BCUT2D eigenvalue weighted by molar-refractivity contribution is 5.82. The van der Waals surface area contributed by atoms with Crippen molar-refractivity contribution in [2.45, 2.75) is 58.5 Å². The minimum atomic E-state index is -0.979. The van der Waals surface area contributed by atoms with E-state index in [0.717, 1.165) is 19.3 Å². The molecule has 2 amide bonds. The number of amides is 2. The summed E-state index contributed by atoms with van der Waals surface area (Å²) in [7, 11) is 0. The molecule has 0 saturated carbocycles. The second-order valence-corrected chi connectivity index (χ2v) is 3.96. The predicted molar refractivity (Wildman–Crippen MR) is 62.4 cm³/mol. The van der Waals surface area contributed by atoms with E-state index in [-0.39, 0.29) is 6.04 Å². The van der Waals surface area contributed by atoms with Gasteiger partial charge in [0.2, 0.25) is 0 Å². The summed E-state index contributed by atoms with van der Waals surface area (Å²) in [6, 6.07) is -1.14. The summed E-state index contributed by atoms with van der Waals surface area (Å²) in [5.74, 6) is -0.979. The molecule has 0 saturated heterocycles. The third kappa shape index (κ3) is 6.27. The van der Waals surface area contributed by atoms with Crippen molar-refractivity contribution in [1.82, 2.24) is 10.6 Å². The number of carboxylic acid groups (broad SMARTS) is 1. The predicted octanol–water partition coefficient (Wildman–Crippen LogP) is 1.73. The number of hydrogen-bond donors (Lipinski definition) is 3. The van der Waals surface area contributed by atoms with E-state index in [1.807, 2.05) is 20.8 Å². The zero-order valence-electron chi connectivity index (χ0n) is 10.2. The summed E-state index contributed by atoms with van der Waals surface area (Å²) < 4.78 is 0. The second-order valence-electron chi connectivity index (χ2n) is 3.96. The van der Waals surface area contributed by atoms with Gasteiger partial charge in [-0.3, -0.25) is 0 Å². The summed E-state index contributed by atoms with van der Waals surface area (Å²) in [5, 5.41) is 14.0. The van der Waals surface area contributed by atoms with Gasteiger partial charge in [0.15, 0.2) is 0 Å². The molecular formula is C11H22N2O3. The Labute approximate surface area is 96.6 Å². The average molecular weight is 230 g/mol. The van der Waals surface area contributed by atoms with Crippen molar-refractivity contribution in [2.24, 2.45) is 0 Å². The van der Waals surface area contributed by atoms with E-state index in [1.165, 1.54) is 0 Å². The highest BCUT2D eigenvalue weighted by Gasteiger charge is 2.19. The molecule has 0 aliphatic carbocycles. The van der Waals surface area contributed by atoms with Gasteiger partial charge in [0, 0.05) is 6.04 Å². The third-order valence-electron chi connectivity index (χ3n) is 2.44. The molecule has 94 valence electrons. The molecule has 0 aliphatic heterocycles. The fourth-order valence-electron chi connectivity index (χ4n) is 1.19. The van der Waals surface area contributed by atoms with Crippen molar-refractivity contribution >= 4 is 12.0 Å². The molecule has 0 bridgehead atoms. The second kappa shape index (κ2) is 7.96. The van der Waals surface area contributed by atoms with Crippen LogP contribution in [-0.2, 0) is 4.79 Å². The topological polar surface area (TPSA) is 78.4 Å². The SMILES string of the molecule is CCCC[C@H](NC(=O)NC(C)CC)C(=O)O. The van der Waals surface area contributed by atoms with Crippen LogP contribution in [0.15, 0.2) is 0 Å². The van der Waals surface area contributed by atoms with Gasteiger partial charge >= 0.3 is 12.0 Å². The van der Waals surface area contributed by atoms with Gasteiger partial charge in [0.25, 0.3) is 0 Å². The minimum Gasteiger partial charge on any atom is -0.480 e. The molecule has 0 rings (SSSR count). The van der Waals surface area contributed by atoms with Crippen LogP contribution in [0.1, 0.15) is 46.5 Å². The van der Waals surface area contributed by atoms with Crippen molar-refractivity contribution in [3.63, 3.8) is 0 Å². The molecule has 0 spiro atoms. The summed E-state index contributed by atoms with van der Waals surface area (Å²) >= 11 is 0. The number of hydrogen-bond acceptors (Lipinski definition) is 2. The Bertz CT molecular complexity index is 231. The maximum Gasteiger partial charge on any atom is 0.326 e. The quantitative estimate of drug-likeness (QED) is 0.623. The largest absolute Gasteiger partial charge is 0.480 e. The number of carbonyl (C=O) groups excluding carboxylic acids is 1. The van der Waals surface area contributed by atoms with E-state index < -0.39 is 18.0 Å². The number of rotatable bonds is 7. The molecule has 2 atom stereocenters. The molecule has 0 aliphatic rings. The molecular weight excluding hydrogens is 208 g/mol. The van der Waals surface area contributed by atoms with Crippen molar-refractivity contribution < 1.29 is 14.7 Å². The van der Waals surface area contributed by atoms with Crippen LogP contribution in [-0.4, -0.2) is 29.2 Å². The first-order valence-electron chi connectivity index (χ1n) is 5.81. The van der Waals surface area contributed by atoms with E-state index in [0.29, 0.717) is 6.42 Å². The van der Waals surface area contributed by atoms with Gasteiger partial charge in [-0.2, -0.15) is 0 Å². The van der Waals surface area contributed by atoms with Crippen LogP contribution in [0.3, 0.4) is 0 Å². The smallest absolute Gasteiger partial charge is 0.326 e. The number of urea groups is 1. The van der Waals surface area contributed by atoms with Gasteiger partial charge < -0.3 is 15.7 Å². The van der Waals surface area contributed by atoms with Crippen LogP contribution in [0, 0.1) is 0 Å². The normalized spacial score (nSPS) is 13.9. The zero-order valence-corrected chi connectivity index (χ0v) is 10.2. The first-order valence-corrected chi connectivity index (χ1v) is 5.81. The number of aliphatic carboxylic acids is 1. The first kappa shape index (κ1) is 14.7. The Hall–Kier alpha value is -1.26. The lowest BCUT2D eigenvalue weighted by molar-refractivity contribution is -0.139. The van der Waals surface area contributed by atoms with Gasteiger partial charge in [-0.25, -0.2) is 9.59 Å². The molecule has 0 fully saturated rings. The lowest BCUT2D eigenvalue weighted by Gasteiger charge is -2.17. The lowest BCUT2D eigenvalue weighted by Crippen LogP contribution is -2.48. The highest BCUT2D eigenvalue weighted by atomic mass is 16.4. The fourth-order valence-corrected chi connectivity index (χ4v) is 1.19. The first-order chi connectivity index (χ1) is 7.51. The van der Waals surface area contributed by atoms with Gasteiger partial charge in [-0.15, -0.1) is 0 Å². The molecule has 0 aromatic rings. The van der Waals surface area contributed by atoms with Crippen LogP contribution in [0.25, 0.3) is 0 Å². The highest BCUT2D eigenvalue weighted by Crippen LogP contribution is 2.01. The minimum absolute atomic E-state index is 0.0561. The molecule has 0 radical (unpaired) electrons. The Morgan fingerprint density at radius 2 is 1.88 bits per heavy atom. The molecule has 0 aromatic carbocycles. The van der Waals surface area contributed by atoms with E-state index in [4.69, 9.17) is 5.11 Å². The molecule has 16 heavy (non-hydrogen) atoms. The summed E-state index contributed by atoms with van der Waals surface area (Å²) in [6.45, 7) is 5.82. The van der Waals surface area contributed by atoms with Crippen LogP contribution >= 0.6 is 0 Å². The van der Waals surface area contributed by atoms with Crippen LogP contribution in [0.4, 0.5) is 4.79 Å². The average Bonchev–Trinajstić information content (AvgIpc) is 2.23. The van der Waals surface area contributed by atoms with Crippen LogP contribution in [0.2, 0.25) is 0 Å². The number of carboxylic acids is 1. The van der Waals surface area contributed by atoms with E-state index in [2.05, 4.69) is 10.6 Å². The van der Waals surface area contributed by atoms with E-state index in [9.17, 15) is 9.59 Å². The summed E-state index contributed by atoms with van der Waals surface area (Å²) in [5.41, 5.74) is 0. The molecule has 3 N–H and O–H groups in total. The van der Waals surface area contributed by atoms with Crippen molar-refractivity contribution in [3.05, 3.63) is 0 Å². The number of nitrogens with one attached hydrogen (secondary N) is 2.